The second kappa shape index (κ2) is 9.17. The van der Waals surface area contributed by atoms with Gasteiger partial charge in [0.1, 0.15) is 6.10 Å². The molecule has 0 heterocycles. The fourth-order valence-corrected chi connectivity index (χ4v) is 1.52. The zero-order valence-corrected chi connectivity index (χ0v) is 12.5. The highest BCUT2D eigenvalue weighted by Gasteiger charge is 2.32. The molecule has 19 heavy (non-hydrogen) atoms. The van der Waals surface area contributed by atoms with Gasteiger partial charge in [0, 0.05) is 30.7 Å². The van der Waals surface area contributed by atoms with E-state index in [0.29, 0.717) is 6.54 Å². The first kappa shape index (κ1) is 18.2. The van der Waals surface area contributed by atoms with E-state index in [1.807, 2.05) is 6.26 Å². The summed E-state index contributed by atoms with van der Waals surface area (Å²) in [7, 11) is 0. The van der Waals surface area contributed by atoms with Gasteiger partial charge in [-0.1, -0.05) is 13.8 Å². The molecule has 0 fully saturated rings. The summed E-state index contributed by atoms with van der Waals surface area (Å²) in [4.78, 5) is 22.9. The lowest BCUT2D eigenvalue weighted by Crippen LogP contribution is -2.46. The maximum Gasteiger partial charge on any atom is 0.249 e. The minimum atomic E-state index is -1.29. The SMILES string of the molecule is CSCCNC(=O)CCNC(=O)[C@H](O)C(C)(C)CO. The Hall–Kier alpha value is -0.790. The van der Waals surface area contributed by atoms with Crippen molar-refractivity contribution < 1.29 is 19.8 Å². The molecule has 0 spiro atoms. The van der Waals surface area contributed by atoms with Crippen LogP contribution in [0.2, 0.25) is 0 Å². The summed E-state index contributed by atoms with van der Waals surface area (Å²) >= 11 is 1.64. The Morgan fingerprint density at radius 3 is 2.42 bits per heavy atom. The molecule has 0 aromatic heterocycles. The quantitative estimate of drug-likeness (QED) is 0.423. The number of hydrogen-bond donors (Lipinski definition) is 4. The van der Waals surface area contributed by atoms with Crippen LogP contribution in [0.5, 0.6) is 0 Å². The van der Waals surface area contributed by atoms with E-state index in [-0.39, 0.29) is 25.5 Å². The van der Waals surface area contributed by atoms with Crippen LogP contribution in [-0.2, 0) is 9.59 Å². The lowest BCUT2D eigenvalue weighted by Gasteiger charge is -2.27. The lowest BCUT2D eigenvalue weighted by atomic mass is 9.87. The molecule has 1 atom stereocenters. The van der Waals surface area contributed by atoms with Crippen molar-refractivity contribution in [3.05, 3.63) is 0 Å². The second-order valence-electron chi connectivity index (χ2n) is 4.93. The molecule has 0 aliphatic rings. The molecule has 0 saturated heterocycles. The molecule has 0 unspecified atom stereocenters. The average Bonchev–Trinajstić information content (AvgIpc) is 2.38. The highest BCUT2D eigenvalue weighted by molar-refractivity contribution is 7.98. The Balaban J connectivity index is 3.88. The predicted molar refractivity (Wildman–Crippen MR) is 75.9 cm³/mol. The number of hydrogen-bond acceptors (Lipinski definition) is 5. The van der Waals surface area contributed by atoms with Crippen LogP contribution in [0, 0.1) is 5.41 Å². The summed E-state index contributed by atoms with van der Waals surface area (Å²) in [5.74, 6) is 0.142. The normalized spacial score (nSPS) is 12.9. The van der Waals surface area contributed by atoms with E-state index in [9.17, 15) is 14.7 Å². The van der Waals surface area contributed by atoms with Crippen LogP contribution in [0.3, 0.4) is 0 Å². The third-order valence-corrected chi connectivity index (χ3v) is 3.29. The van der Waals surface area contributed by atoms with Crippen molar-refractivity contribution in [3.63, 3.8) is 0 Å². The first-order valence-electron chi connectivity index (χ1n) is 6.17. The number of carbonyl (C=O) groups excluding carboxylic acids is 2. The summed E-state index contributed by atoms with van der Waals surface area (Å²) in [6.45, 7) is 3.66. The van der Waals surface area contributed by atoms with Crippen molar-refractivity contribution in [1.82, 2.24) is 10.6 Å². The number of aliphatic hydroxyl groups is 2. The van der Waals surface area contributed by atoms with Gasteiger partial charge in [-0.3, -0.25) is 9.59 Å². The minimum Gasteiger partial charge on any atom is -0.396 e. The molecule has 0 rings (SSSR count). The summed E-state index contributed by atoms with van der Waals surface area (Å²) < 4.78 is 0. The Morgan fingerprint density at radius 1 is 1.26 bits per heavy atom. The van der Waals surface area contributed by atoms with Crippen molar-refractivity contribution in [2.75, 3.05) is 31.7 Å². The van der Waals surface area contributed by atoms with Crippen molar-refractivity contribution in [2.45, 2.75) is 26.4 Å². The highest BCUT2D eigenvalue weighted by Crippen LogP contribution is 2.19. The smallest absolute Gasteiger partial charge is 0.249 e. The summed E-state index contributed by atoms with van der Waals surface area (Å²) in [5.41, 5.74) is -0.898. The molecular formula is C12H24N2O4S. The van der Waals surface area contributed by atoms with E-state index in [2.05, 4.69) is 10.6 Å². The highest BCUT2D eigenvalue weighted by atomic mass is 32.2. The molecule has 0 aliphatic heterocycles. The minimum absolute atomic E-state index is 0.134. The van der Waals surface area contributed by atoms with E-state index in [1.54, 1.807) is 25.6 Å². The molecule has 4 N–H and O–H groups in total. The van der Waals surface area contributed by atoms with Crippen molar-refractivity contribution >= 4 is 23.6 Å². The summed E-state index contributed by atoms with van der Waals surface area (Å²) in [5, 5.41) is 23.9. The van der Waals surface area contributed by atoms with Gasteiger partial charge >= 0.3 is 0 Å². The molecule has 0 saturated carbocycles. The number of rotatable bonds is 9. The molecule has 0 aromatic carbocycles. The third-order valence-electron chi connectivity index (χ3n) is 2.68. The van der Waals surface area contributed by atoms with Crippen LogP contribution < -0.4 is 10.6 Å². The first-order valence-corrected chi connectivity index (χ1v) is 7.57. The van der Waals surface area contributed by atoms with Gasteiger partial charge in [-0.25, -0.2) is 0 Å². The van der Waals surface area contributed by atoms with Gasteiger partial charge in [0.2, 0.25) is 11.8 Å². The number of carbonyl (C=O) groups is 2. The molecule has 112 valence electrons. The topological polar surface area (TPSA) is 98.7 Å². The predicted octanol–water partition coefficient (Wildman–Crippen LogP) is -0.649. The zero-order valence-electron chi connectivity index (χ0n) is 11.7. The zero-order chi connectivity index (χ0) is 14.9. The number of nitrogens with one attached hydrogen (secondary N) is 2. The summed E-state index contributed by atoms with van der Waals surface area (Å²) in [6.07, 6.45) is 0.834. The maximum atomic E-state index is 11.6. The van der Waals surface area contributed by atoms with E-state index in [4.69, 9.17) is 5.11 Å². The Bertz CT molecular complexity index is 297. The number of aliphatic hydroxyl groups excluding tert-OH is 2. The molecule has 0 bridgehead atoms. The van der Waals surface area contributed by atoms with Gasteiger partial charge in [-0.05, 0) is 6.26 Å². The van der Waals surface area contributed by atoms with E-state index in [1.165, 1.54) is 0 Å². The molecular weight excluding hydrogens is 268 g/mol. The lowest BCUT2D eigenvalue weighted by molar-refractivity contribution is -0.137. The Kier molecular flexibility index (Phi) is 8.79. The van der Waals surface area contributed by atoms with Crippen molar-refractivity contribution in [1.29, 1.82) is 0 Å². The molecule has 6 nitrogen and oxygen atoms in total. The monoisotopic (exact) mass is 292 g/mol. The molecule has 2 amide bonds. The first-order chi connectivity index (χ1) is 8.85. The van der Waals surface area contributed by atoms with E-state index >= 15 is 0 Å². The molecule has 7 heteroatoms. The Morgan fingerprint density at radius 2 is 1.89 bits per heavy atom. The Labute approximate surface area is 118 Å². The van der Waals surface area contributed by atoms with Crippen LogP contribution in [-0.4, -0.2) is 59.8 Å². The van der Waals surface area contributed by atoms with Gasteiger partial charge in [0.15, 0.2) is 0 Å². The van der Waals surface area contributed by atoms with E-state index < -0.39 is 17.4 Å². The van der Waals surface area contributed by atoms with Gasteiger partial charge < -0.3 is 20.8 Å². The van der Waals surface area contributed by atoms with E-state index in [0.717, 1.165) is 5.75 Å². The second-order valence-corrected chi connectivity index (χ2v) is 5.92. The fraction of sp³-hybridized carbons (Fsp3) is 0.833. The van der Waals surface area contributed by atoms with Crippen LogP contribution in [0.1, 0.15) is 20.3 Å². The standard InChI is InChI=1S/C12H24N2O4S/c1-12(2,8-15)10(17)11(18)14-5-4-9(16)13-6-7-19-3/h10,15,17H,4-8H2,1-3H3,(H,13,16)(H,14,18)/t10-/m0/s1. The van der Waals surface area contributed by atoms with Gasteiger partial charge in [-0.15, -0.1) is 0 Å². The molecule has 0 radical (unpaired) electrons. The van der Waals surface area contributed by atoms with Crippen molar-refractivity contribution in [3.8, 4) is 0 Å². The van der Waals surface area contributed by atoms with Gasteiger partial charge in [-0.2, -0.15) is 11.8 Å². The third kappa shape index (κ3) is 7.39. The maximum absolute atomic E-state index is 11.6. The summed E-state index contributed by atoms with van der Waals surface area (Å²) in [6, 6.07) is 0. The largest absolute Gasteiger partial charge is 0.396 e. The van der Waals surface area contributed by atoms with Crippen molar-refractivity contribution in [2.24, 2.45) is 5.41 Å². The molecule has 0 aromatic rings. The van der Waals surface area contributed by atoms with Crippen LogP contribution in [0.25, 0.3) is 0 Å². The van der Waals surface area contributed by atoms with Crippen LogP contribution >= 0.6 is 11.8 Å². The average molecular weight is 292 g/mol. The number of thioether (sulfide) groups is 1. The van der Waals surface area contributed by atoms with Crippen LogP contribution in [0.4, 0.5) is 0 Å². The van der Waals surface area contributed by atoms with Crippen LogP contribution in [0.15, 0.2) is 0 Å². The fourth-order valence-electron chi connectivity index (χ4n) is 1.22. The number of amides is 2. The van der Waals surface area contributed by atoms with Gasteiger partial charge in [0.25, 0.3) is 0 Å². The van der Waals surface area contributed by atoms with Gasteiger partial charge in [0.05, 0.1) is 6.61 Å². The molecule has 0 aliphatic carbocycles.